The molecule has 1 aliphatic carbocycles. The maximum atomic E-state index is 13.4. The van der Waals surface area contributed by atoms with Crippen molar-refractivity contribution in [1.29, 1.82) is 0 Å². The van der Waals surface area contributed by atoms with Crippen molar-refractivity contribution < 1.29 is 31.8 Å². The average Bonchev–Trinajstić information content (AvgIpc) is 2.42. The Balaban J connectivity index is 1.95. The van der Waals surface area contributed by atoms with Crippen molar-refractivity contribution in [1.82, 2.24) is 0 Å². The van der Waals surface area contributed by atoms with E-state index in [0.717, 1.165) is 18.2 Å². The Morgan fingerprint density at radius 2 is 1.77 bits per heavy atom. The largest absolute Gasteiger partial charge is 0.573 e. The zero-order valence-electron chi connectivity index (χ0n) is 11.5. The molecule has 7 heteroatoms. The molecule has 0 heterocycles. The number of carbonyl (C=O) groups is 1. The number of hydrogen-bond donors (Lipinski definition) is 0. The van der Waals surface area contributed by atoms with Crippen molar-refractivity contribution >= 4 is 5.78 Å². The van der Waals surface area contributed by atoms with Crippen LogP contribution in [0.3, 0.4) is 0 Å². The summed E-state index contributed by atoms with van der Waals surface area (Å²) < 4.78 is 58.4. The molecule has 0 radical (unpaired) electrons. The Labute approximate surface area is 123 Å². The monoisotopic (exact) mass is 316 g/mol. The van der Waals surface area contributed by atoms with Gasteiger partial charge in [-0.15, -0.1) is 13.2 Å². The van der Waals surface area contributed by atoms with E-state index in [1.165, 1.54) is 25.1 Å². The lowest BCUT2D eigenvalue weighted by atomic mass is 9.99. The van der Waals surface area contributed by atoms with E-state index in [-0.39, 0.29) is 18.1 Å². The van der Waals surface area contributed by atoms with Crippen LogP contribution in [0.4, 0.5) is 17.6 Å². The molecule has 2 rings (SSSR count). The van der Waals surface area contributed by atoms with E-state index in [1.54, 1.807) is 0 Å². The van der Waals surface area contributed by atoms with Gasteiger partial charge in [0.25, 0.3) is 0 Å². The normalized spacial score (nSPS) is 18.6. The van der Waals surface area contributed by atoms with Crippen LogP contribution in [0.15, 0.2) is 48.0 Å². The molecule has 0 saturated carbocycles. The van der Waals surface area contributed by atoms with Crippen LogP contribution >= 0.6 is 0 Å². The SMILES string of the molecule is CC1C(=O)C=C(OCc2ccc(OC(F)(F)F)cc2)C=C1F. The van der Waals surface area contributed by atoms with Gasteiger partial charge in [0.2, 0.25) is 0 Å². The minimum atomic E-state index is -4.75. The highest BCUT2D eigenvalue weighted by Gasteiger charge is 2.31. The van der Waals surface area contributed by atoms with Gasteiger partial charge in [-0.3, -0.25) is 4.79 Å². The highest BCUT2D eigenvalue weighted by molar-refractivity contribution is 5.95. The third kappa shape index (κ3) is 4.34. The molecule has 0 aliphatic heterocycles. The molecular weight excluding hydrogens is 304 g/mol. The van der Waals surface area contributed by atoms with Crippen molar-refractivity contribution in [2.45, 2.75) is 19.9 Å². The fourth-order valence-electron chi connectivity index (χ4n) is 1.74. The summed E-state index contributed by atoms with van der Waals surface area (Å²) in [6, 6.07) is 5.06. The van der Waals surface area contributed by atoms with E-state index in [0.29, 0.717) is 5.56 Å². The van der Waals surface area contributed by atoms with E-state index >= 15 is 0 Å². The summed E-state index contributed by atoms with van der Waals surface area (Å²) in [5, 5.41) is 0. The van der Waals surface area contributed by atoms with E-state index in [1.807, 2.05) is 0 Å². The predicted octanol–water partition coefficient (Wildman–Crippen LogP) is 4.06. The summed E-state index contributed by atoms with van der Waals surface area (Å²) in [5.41, 5.74) is 0.551. The van der Waals surface area contributed by atoms with E-state index in [9.17, 15) is 22.4 Å². The molecule has 1 aromatic rings. The van der Waals surface area contributed by atoms with Gasteiger partial charge in [-0.25, -0.2) is 4.39 Å². The molecule has 0 N–H and O–H groups in total. The Morgan fingerprint density at radius 1 is 1.14 bits per heavy atom. The first-order chi connectivity index (χ1) is 10.2. The molecule has 0 bridgehead atoms. The van der Waals surface area contributed by atoms with Gasteiger partial charge in [0.1, 0.15) is 23.9 Å². The molecule has 1 aliphatic rings. The number of allylic oxidation sites excluding steroid dienone is 3. The molecule has 118 valence electrons. The molecule has 3 nitrogen and oxygen atoms in total. The zero-order chi connectivity index (χ0) is 16.3. The fraction of sp³-hybridized carbons (Fsp3) is 0.267. The number of rotatable bonds is 4. The molecule has 0 amide bonds. The van der Waals surface area contributed by atoms with Crippen molar-refractivity contribution in [3.8, 4) is 5.75 Å². The van der Waals surface area contributed by atoms with E-state index in [4.69, 9.17) is 4.74 Å². The molecule has 1 atom stereocenters. The second kappa shape index (κ2) is 6.21. The van der Waals surface area contributed by atoms with Gasteiger partial charge in [-0.2, -0.15) is 0 Å². The Hall–Kier alpha value is -2.31. The molecule has 1 aromatic carbocycles. The Kier molecular flexibility index (Phi) is 4.54. The van der Waals surface area contributed by atoms with Crippen molar-refractivity contribution in [3.63, 3.8) is 0 Å². The number of ketones is 1. The first-order valence-electron chi connectivity index (χ1n) is 6.35. The number of halogens is 4. The lowest BCUT2D eigenvalue weighted by Crippen LogP contribution is -2.17. The third-order valence-electron chi connectivity index (χ3n) is 2.97. The van der Waals surface area contributed by atoms with E-state index < -0.39 is 23.9 Å². The van der Waals surface area contributed by atoms with Crippen LogP contribution in [0.1, 0.15) is 12.5 Å². The van der Waals surface area contributed by atoms with Crippen molar-refractivity contribution in [2.24, 2.45) is 5.92 Å². The second-order valence-electron chi connectivity index (χ2n) is 4.68. The van der Waals surface area contributed by atoms with Crippen molar-refractivity contribution in [2.75, 3.05) is 0 Å². The highest BCUT2D eigenvalue weighted by Crippen LogP contribution is 2.25. The van der Waals surface area contributed by atoms with Crippen LogP contribution in [0.25, 0.3) is 0 Å². The van der Waals surface area contributed by atoms with Crippen LogP contribution < -0.4 is 4.74 Å². The third-order valence-corrected chi connectivity index (χ3v) is 2.97. The minimum absolute atomic E-state index is 0.0103. The van der Waals surface area contributed by atoms with Crippen molar-refractivity contribution in [3.05, 3.63) is 53.6 Å². The molecular formula is C15H12F4O3. The smallest absolute Gasteiger partial charge is 0.489 e. The predicted molar refractivity (Wildman–Crippen MR) is 69.4 cm³/mol. The van der Waals surface area contributed by atoms with Gasteiger partial charge >= 0.3 is 6.36 Å². The standard InChI is InChI=1S/C15H12F4O3/c1-9-13(16)6-12(7-14(9)20)21-8-10-2-4-11(5-3-10)22-15(17,18)19/h2-7,9H,8H2,1H3. The van der Waals surface area contributed by atoms with Gasteiger partial charge < -0.3 is 9.47 Å². The summed E-state index contributed by atoms with van der Waals surface area (Å²) >= 11 is 0. The number of carbonyl (C=O) groups excluding carboxylic acids is 1. The molecule has 0 saturated heterocycles. The molecule has 0 spiro atoms. The summed E-state index contributed by atoms with van der Waals surface area (Å²) in [7, 11) is 0. The van der Waals surface area contributed by atoms with Gasteiger partial charge in [0.15, 0.2) is 5.78 Å². The topological polar surface area (TPSA) is 35.5 Å². The fourth-order valence-corrected chi connectivity index (χ4v) is 1.74. The number of benzene rings is 1. The first kappa shape index (κ1) is 16.1. The summed E-state index contributed by atoms with van der Waals surface area (Å²) in [6.45, 7) is 1.43. The maximum Gasteiger partial charge on any atom is 0.573 e. The van der Waals surface area contributed by atoms with Gasteiger partial charge in [-0.05, 0) is 24.6 Å². The van der Waals surface area contributed by atoms with E-state index in [2.05, 4.69) is 4.74 Å². The lowest BCUT2D eigenvalue weighted by molar-refractivity contribution is -0.274. The summed E-state index contributed by atoms with van der Waals surface area (Å²) in [4.78, 5) is 11.4. The van der Waals surface area contributed by atoms with Crippen LogP contribution in [0.2, 0.25) is 0 Å². The number of ether oxygens (including phenoxy) is 2. The average molecular weight is 316 g/mol. The maximum absolute atomic E-state index is 13.4. The summed E-state index contributed by atoms with van der Waals surface area (Å²) in [5.74, 6) is -2.06. The van der Waals surface area contributed by atoms with Crippen LogP contribution in [0, 0.1) is 5.92 Å². The molecule has 0 fully saturated rings. The highest BCUT2D eigenvalue weighted by atomic mass is 19.4. The quantitative estimate of drug-likeness (QED) is 0.786. The molecule has 0 aromatic heterocycles. The van der Waals surface area contributed by atoms with Crippen LogP contribution in [-0.4, -0.2) is 12.1 Å². The Morgan fingerprint density at radius 3 is 2.32 bits per heavy atom. The van der Waals surface area contributed by atoms with Gasteiger partial charge in [-0.1, -0.05) is 12.1 Å². The number of alkyl halides is 3. The lowest BCUT2D eigenvalue weighted by Gasteiger charge is -2.14. The van der Waals surface area contributed by atoms with Gasteiger partial charge in [0.05, 0.1) is 5.92 Å². The molecule has 22 heavy (non-hydrogen) atoms. The van der Waals surface area contributed by atoms with Gasteiger partial charge in [0, 0.05) is 12.2 Å². The second-order valence-corrected chi connectivity index (χ2v) is 4.68. The van der Waals surface area contributed by atoms with Crippen LogP contribution in [-0.2, 0) is 16.1 Å². The summed E-state index contributed by atoms with van der Waals surface area (Å²) in [6.07, 6.45) is -2.44. The number of hydrogen-bond acceptors (Lipinski definition) is 3. The minimum Gasteiger partial charge on any atom is -0.489 e. The Bertz CT molecular complexity index is 615. The zero-order valence-corrected chi connectivity index (χ0v) is 11.5. The molecule has 1 unspecified atom stereocenters. The van der Waals surface area contributed by atoms with Crippen LogP contribution in [0.5, 0.6) is 5.75 Å². The first-order valence-corrected chi connectivity index (χ1v) is 6.35.